The number of hydrogen-bond donors (Lipinski definition) is 2. The number of pyridine rings is 1. The number of rotatable bonds is 5. The van der Waals surface area contributed by atoms with Crippen molar-refractivity contribution in [2.75, 3.05) is 29.4 Å². The van der Waals surface area contributed by atoms with Gasteiger partial charge in [-0.3, -0.25) is 9.52 Å². The summed E-state index contributed by atoms with van der Waals surface area (Å²) in [6.07, 6.45) is -14.5. The molecule has 0 radical (unpaired) electrons. The molecule has 0 unspecified atom stereocenters. The van der Waals surface area contributed by atoms with Gasteiger partial charge >= 0.3 is 18.4 Å². The van der Waals surface area contributed by atoms with E-state index >= 15 is 0 Å². The minimum atomic E-state index is -5.79. The first kappa shape index (κ1) is 25.8. The maximum Gasteiger partial charge on any atom is 0.434 e. The van der Waals surface area contributed by atoms with Crippen LogP contribution in [0, 0.1) is 11.3 Å². The van der Waals surface area contributed by atoms with E-state index in [2.05, 4.69) is 19.8 Å². The Bertz CT molecular complexity index is 1020. The fourth-order valence-corrected chi connectivity index (χ4v) is 4.35. The number of ether oxygens (including phenoxy) is 1. The minimum absolute atomic E-state index is 0.0564. The van der Waals surface area contributed by atoms with Crippen LogP contribution in [0.3, 0.4) is 0 Å². The molecule has 1 aromatic rings. The Morgan fingerprint density at radius 1 is 1.15 bits per heavy atom. The van der Waals surface area contributed by atoms with Gasteiger partial charge in [0.25, 0.3) is 6.10 Å². The number of carbonyl (C=O) groups excluding carboxylic acids is 2. The zero-order valence-corrected chi connectivity index (χ0v) is 18.4. The third-order valence-electron chi connectivity index (χ3n) is 5.66. The van der Waals surface area contributed by atoms with Gasteiger partial charge in [0.15, 0.2) is 0 Å². The average molecular weight is 518 g/mol. The molecule has 2 aliphatic rings. The number of nitrogens with one attached hydrogen (secondary N) is 2. The highest BCUT2D eigenvalue weighted by molar-refractivity contribution is 7.92. The van der Waals surface area contributed by atoms with Crippen LogP contribution in [-0.4, -0.2) is 68.1 Å². The summed E-state index contributed by atoms with van der Waals surface area (Å²) in [6.45, 7) is -0.309. The van der Waals surface area contributed by atoms with E-state index in [1.807, 2.05) is 0 Å². The predicted molar refractivity (Wildman–Crippen MR) is 105 cm³/mol. The first-order chi connectivity index (χ1) is 15.5. The zero-order valence-electron chi connectivity index (χ0n) is 17.5. The van der Waals surface area contributed by atoms with Crippen LogP contribution in [-0.2, 0) is 19.6 Å². The maximum absolute atomic E-state index is 12.6. The second-order valence-electron chi connectivity index (χ2n) is 8.25. The normalized spacial score (nSPS) is 20.2. The highest BCUT2D eigenvalue weighted by Crippen LogP contribution is 2.59. The van der Waals surface area contributed by atoms with E-state index < -0.39 is 45.9 Å². The summed E-state index contributed by atoms with van der Waals surface area (Å²) in [4.78, 5) is 29.0. The van der Waals surface area contributed by atoms with Gasteiger partial charge in [-0.1, -0.05) is 0 Å². The van der Waals surface area contributed by atoms with E-state index in [0.29, 0.717) is 12.1 Å². The topological polar surface area (TPSA) is 118 Å². The smallest absolute Gasteiger partial charge is 0.426 e. The lowest BCUT2D eigenvalue weighted by atomic mass is 9.91. The second-order valence-corrected chi connectivity index (χ2v) is 10.00. The molecule has 190 valence electrons. The third kappa shape index (κ3) is 6.21. The van der Waals surface area contributed by atoms with Gasteiger partial charge in [-0.15, -0.1) is 0 Å². The number of carbonyl (C=O) groups is 2. The summed E-state index contributed by atoms with van der Waals surface area (Å²) < 4.78 is 104. The van der Waals surface area contributed by atoms with Crippen LogP contribution in [0.1, 0.15) is 19.3 Å². The molecule has 2 fully saturated rings. The van der Waals surface area contributed by atoms with Gasteiger partial charge < -0.3 is 15.0 Å². The Morgan fingerprint density at radius 2 is 1.74 bits per heavy atom. The first-order valence-electron chi connectivity index (χ1n) is 9.84. The molecule has 2 amide bonds. The number of amides is 2. The first-order valence-corrected chi connectivity index (χ1v) is 11.7. The molecule has 16 heteroatoms. The van der Waals surface area contributed by atoms with E-state index in [1.165, 1.54) is 18.3 Å². The van der Waals surface area contributed by atoms with Gasteiger partial charge in [0.1, 0.15) is 5.82 Å². The molecule has 34 heavy (non-hydrogen) atoms. The van der Waals surface area contributed by atoms with Crippen molar-refractivity contribution in [1.82, 2.24) is 9.88 Å². The molecule has 9 nitrogen and oxygen atoms in total. The van der Waals surface area contributed by atoms with Gasteiger partial charge in [0, 0.05) is 19.0 Å². The van der Waals surface area contributed by atoms with Crippen molar-refractivity contribution < 1.29 is 49.1 Å². The highest BCUT2D eigenvalue weighted by atomic mass is 32.2. The molecule has 1 aliphatic carbocycles. The fourth-order valence-electron chi connectivity index (χ4n) is 3.85. The van der Waals surface area contributed by atoms with Crippen LogP contribution in [0.4, 0.5) is 42.6 Å². The molecule has 0 bridgehead atoms. The molecular formula is C18H20F6N4O5S. The van der Waals surface area contributed by atoms with Crippen molar-refractivity contribution in [1.29, 1.82) is 0 Å². The van der Waals surface area contributed by atoms with Crippen molar-refractivity contribution in [2.24, 2.45) is 11.3 Å². The maximum atomic E-state index is 12.6. The lowest BCUT2D eigenvalue weighted by molar-refractivity contribution is -0.308. The van der Waals surface area contributed by atoms with E-state index in [9.17, 15) is 44.3 Å². The van der Waals surface area contributed by atoms with Crippen LogP contribution in [0.15, 0.2) is 18.3 Å². The number of piperidine rings is 1. The van der Waals surface area contributed by atoms with Gasteiger partial charge in [0.2, 0.25) is 15.9 Å². The Morgan fingerprint density at radius 3 is 2.21 bits per heavy atom. The van der Waals surface area contributed by atoms with Crippen LogP contribution in [0.5, 0.6) is 0 Å². The molecule has 3 rings (SSSR count). The summed E-state index contributed by atoms with van der Waals surface area (Å²) >= 11 is 0. The van der Waals surface area contributed by atoms with Crippen molar-refractivity contribution in [2.45, 2.75) is 37.7 Å². The molecular weight excluding hydrogens is 498 g/mol. The molecule has 1 saturated carbocycles. The number of aromatic nitrogens is 1. The van der Waals surface area contributed by atoms with Crippen LogP contribution >= 0.6 is 0 Å². The number of likely N-dealkylation sites (tertiary alicyclic amines) is 1. The fraction of sp³-hybridized carbons (Fsp3) is 0.611. The average Bonchev–Trinajstić information content (AvgIpc) is 3.38. The standard InChI is InChI=1S/C18H20F6N4O5S/c1-34(31,32)27-12-3-2-10(9-25-12)26-13(29)11-8-16(11)4-6-28(7-5-16)15(30)33-14(17(19,20)21)18(22,23)24/h2-3,9,11,14H,4-8H2,1H3,(H,25,27)(H,26,29)/t11-/m1/s1. The second kappa shape index (κ2) is 8.78. The summed E-state index contributed by atoms with van der Waals surface area (Å²) in [7, 11) is -3.52. The van der Waals surface area contributed by atoms with Gasteiger partial charge in [0.05, 0.1) is 18.1 Å². The molecule has 1 aromatic heterocycles. The number of alkyl halides is 6. The lowest BCUT2D eigenvalue weighted by Crippen LogP contribution is -2.49. The molecule has 1 saturated heterocycles. The van der Waals surface area contributed by atoms with Crippen molar-refractivity contribution in [3.63, 3.8) is 0 Å². The largest absolute Gasteiger partial charge is 0.434 e. The summed E-state index contributed by atoms with van der Waals surface area (Å²) in [5, 5.41) is 2.62. The van der Waals surface area contributed by atoms with Gasteiger partial charge in [-0.05, 0) is 36.8 Å². The SMILES string of the molecule is CS(=O)(=O)Nc1ccc(NC(=O)[C@H]2CC23CCN(C(=O)OC(C(F)(F)F)C(F)(F)F)CC3)cn1. The predicted octanol–water partition coefficient (Wildman–Crippen LogP) is 3.12. The Kier molecular flexibility index (Phi) is 6.67. The number of hydrogen-bond acceptors (Lipinski definition) is 6. The molecule has 2 heterocycles. The molecule has 1 spiro atoms. The number of halogens is 6. The highest BCUT2D eigenvalue weighted by Gasteiger charge is 2.61. The van der Waals surface area contributed by atoms with Crippen molar-refractivity contribution in [3.05, 3.63) is 18.3 Å². The Balaban J connectivity index is 1.52. The Hall–Kier alpha value is -2.78. The van der Waals surface area contributed by atoms with Crippen LogP contribution < -0.4 is 10.0 Å². The lowest BCUT2D eigenvalue weighted by Gasteiger charge is -2.33. The van der Waals surface area contributed by atoms with E-state index in [-0.39, 0.29) is 37.7 Å². The number of nitrogens with zero attached hydrogens (tertiary/aromatic N) is 2. The summed E-state index contributed by atoms with van der Waals surface area (Å²) in [5.41, 5.74) is -0.211. The van der Waals surface area contributed by atoms with Gasteiger partial charge in [-0.2, -0.15) is 26.3 Å². The number of anilines is 2. The molecule has 1 atom stereocenters. The Labute approximate surface area is 189 Å². The van der Waals surface area contributed by atoms with Crippen molar-refractivity contribution in [3.8, 4) is 0 Å². The van der Waals surface area contributed by atoms with E-state index in [4.69, 9.17) is 0 Å². The quantitative estimate of drug-likeness (QED) is 0.579. The van der Waals surface area contributed by atoms with Crippen LogP contribution in [0.2, 0.25) is 0 Å². The summed E-state index contributed by atoms with van der Waals surface area (Å²) in [5.74, 6) is -0.769. The van der Waals surface area contributed by atoms with Crippen molar-refractivity contribution >= 4 is 33.5 Å². The molecule has 0 aromatic carbocycles. The van der Waals surface area contributed by atoms with Crippen LogP contribution in [0.25, 0.3) is 0 Å². The minimum Gasteiger partial charge on any atom is -0.426 e. The number of sulfonamides is 1. The van der Waals surface area contributed by atoms with Gasteiger partial charge in [-0.25, -0.2) is 18.2 Å². The van der Waals surface area contributed by atoms with E-state index in [0.717, 1.165) is 11.2 Å². The third-order valence-corrected chi connectivity index (χ3v) is 6.24. The van der Waals surface area contributed by atoms with E-state index in [1.54, 1.807) is 0 Å². The zero-order chi connectivity index (χ0) is 25.5. The molecule has 1 aliphatic heterocycles. The molecule has 2 N–H and O–H groups in total. The monoisotopic (exact) mass is 518 g/mol. The summed E-state index contributed by atoms with van der Waals surface area (Å²) in [6, 6.07) is 2.78.